The van der Waals surface area contributed by atoms with Crippen LogP contribution < -0.4 is 20.1 Å². The Labute approximate surface area is 105 Å². The molecule has 5 nitrogen and oxygen atoms in total. The van der Waals surface area contributed by atoms with Gasteiger partial charge in [-0.2, -0.15) is 0 Å². The van der Waals surface area contributed by atoms with E-state index in [1.165, 1.54) is 0 Å². The summed E-state index contributed by atoms with van der Waals surface area (Å²) in [6, 6.07) is 5.95. The number of anilines is 1. The van der Waals surface area contributed by atoms with E-state index in [1.807, 2.05) is 18.2 Å². The summed E-state index contributed by atoms with van der Waals surface area (Å²) in [5.41, 5.74) is 6.44. The summed E-state index contributed by atoms with van der Waals surface area (Å²) in [6.45, 7) is 2.00. The minimum atomic E-state index is -0.180. The molecule has 18 heavy (non-hydrogen) atoms. The van der Waals surface area contributed by atoms with Crippen LogP contribution in [0.4, 0.5) is 5.69 Å². The number of carbonyl (C=O) groups excluding carboxylic acids is 1. The Bertz CT molecular complexity index is 467. The summed E-state index contributed by atoms with van der Waals surface area (Å²) in [4.78, 5) is 13.4. The van der Waals surface area contributed by atoms with Gasteiger partial charge in [-0.15, -0.1) is 0 Å². The van der Waals surface area contributed by atoms with Crippen molar-refractivity contribution in [3.63, 3.8) is 0 Å². The minimum absolute atomic E-state index is 0.0234. The van der Waals surface area contributed by atoms with Crippen molar-refractivity contribution in [2.75, 3.05) is 24.8 Å². The highest BCUT2D eigenvalue weighted by atomic mass is 16.7. The third-order valence-corrected chi connectivity index (χ3v) is 3.62. The van der Waals surface area contributed by atoms with Gasteiger partial charge in [0.1, 0.15) is 0 Å². The van der Waals surface area contributed by atoms with E-state index in [-0.39, 0.29) is 11.8 Å². The fourth-order valence-electron chi connectivity index (χ4n) is 2.50. The third-order valence-electron chi connectivity index (χ3n) is 3.62. The van der Waals surface area contributed by atoms with Crippen LogP contribution >= 0.6 is 0 Å². The first-order valence-corrected chi connectivity index (χ1v) is 6.18. The van der Waals surface area contributed by atoms with Crippen molar-refractivity contribution in [2.24, 2.45) is 11.7 Å². The number of ether oxygens (including phenoxy) is 2. The first kappa shape index (κ1) is 11.2. The molecule has 1 aromatic carbocycles. The summed E-state index contributed by atoms with van der Waals surface area (Å²) in [5.74, 6) is 1.44. The van der Waals surface area contributed by atoms with E-state index in [0.717, 1.165) is 43.1 Å². The molecule has 0 unspecified atom stereocenters. The maximum atomic E-state index is 11.1. The smallest absolute Gasteiger partial charge is 0.231 e. The molecule has 96 valence electrons. The highest BCUT2D eigenvalue weighted by molar-refractivity contribution is 5.77. The molecule has 0 aromatic heterocycles. The van der Waals surface area contributed by atoms with Gasteiger partial charge >= 0.3 is 0 Å². The van der Waals surface area contributed by atoms with Gasteiger partial charge in [0, 0.05) is 30.8 Å². The summed E-state index contributed by atoms with van der Waals surface area (Å²) < 4.78 is 10.7. The SMILES string of the molecule is NC(=O)C1CCN(c2ccc3c(c2)OCO3)CC1. The molecule has 0 saturated carbocycles. The number of fused-ring (bicyclic) bond motifs is 1. The molecule has 0 spiro atoms. The van der Waals surface area contributed by atoms with Crippen LogP contribution in [0.3, 0.4) is 0 Å². The first-order chi connectivity index (χ1) is 8.74. The van der Waals surface area contributed by atoms with Gasteiger partial charge in [-0.25, -0.2) is 0 Å². The van der Waals surface area contributed by atoms with E-state index in [1.54, 1.807) is 0 Å². The summed E-state index contributed by atoms with van der Waals surface area (Å²) in [6.07, 6.45) is 1.65. The number of rotatable bonds is 2. The maximum Gasteiger partial charge on any atom is 0.231 e. The lowest BCUT2D eigenvalue weighted by atomic mass is 9.96. The van der Waals surface area contributed by atoms with Crippen LogP contribution in [0.15, 0.2) is 18.2 Å². The van der Waals surface area contributed by atoms with Crippen LogP contribution in [0.5, 0.6) is 11.5 Å². The number of carbonyl (C=O) groups is 1. The van der Waals surface area contributed by atoms with Crippen LogP contribution in [0.1, 0.15) is 12.8 Å². The van der Waals surface area contributed by atoms with Crippen LogP contribution in [0.25, 0.3) is 0 Å². The van der Waals surface area contributed by atoms with E-state index >= 15 is 0 Å². The monoisotopic (exact) mass is 248 g/mol. The second-order valence-corrected chi connectivity index (χ2v) is 4.70. The Balaban J connectivity index is 1.71. The van der Waals surface area contributed by atoms with Crippen LogP contribution in [-0.2, 0) is 4.79 Å². The molecule has 0 bridgehead atoms. The standard InChI is InChI=1S/C13H16N2O3/c14-13(16)9-3-5-15(6-4-9)10-1-2-11-12(7-10)18-8-17-11/h1-2,7,9H,3-6,8H2,(H2,14,16). The van der Waals surface area contributed by atoms with Crippen molar-refractivity contribution < 1.29 is 14.3 Å². The van der Waals surface area contributed by atoms with E-state index in [0.29, 0.717) is 6.79 Å². The van der Waals surface area contributed by atoms with Gasteiger partial charge in [-0.05, 0) is 25.0 Å². The van der Waals surface area contributed by atoms with Gasteiger partial charge in [-0.1, -0.05) is 0 Å². The number of nitrogens with zero attached hydrogens (tertiary/aromatic N) is 1. The second kappa shape index (κ2) is 4.40. The second-order valence-electron chi connectivity index (χ2n) is 4.70. The van der Waals surface area contributed by atoms with Crippen molar-refractivity contribution in [3.05, 3.63) is 18.2 Å². The Hall–Kier alpha value is -1.91. The topological polar surface area (TPSA) is 64.8 Å². The molecule has 0 aliphatic carbocycles. The predicted octanol–water partition coefficient (Wildman–Crippen LogP) is 1.12. The molecule has 1 fully saturated rings. The van der Waals surface area contributed by atoms with Crippen molar-refractivity contribution in [2.45, 2.75) is 12.8 Å². The van der Waals surface area contributed by atoms with E-state index in [4.69, 9.17) is 15.2 Å². The van der Waals surface area contributed by atoms with Gasteiger partial charge in [0.05, 0.1) is 0 Å². The molecule has 0 radical (unpaired) electrons. The zero-order chi connectivity index (χ0) is 12.5. The molecule has 1 saturated heterocycles. The lowest BCUT2D eigenvalue weighted by molar-refractivity contribution is -0.122. The normalized spacial score (nSPS) is 19.0. The molecule has 1 aromatic rings. The van der Waals surface area contributed by atoms with E-state index in [9.17, 15) is 4.79 Å². The molecule has 0 atom stereocenters. The molecule has 2 aliphatic rings. The van der Waals surface area contributed by atoms with Gasteiger partial charge in [0.2, 0.25) is 12.7 Å². The first-order valence-electron chi connectivity index (χ1n) is 6.18. The van der Waals surface area contributed by atoms with Gasteiger partial charge < -0.3 is 20.1 Å². The average molecular weight is 248 g/mol. The Morgan fingerprint density at radius 1 is 1.22 bits per heavy atom. The van der Waals surface area contributed by atoms with E-state index in [2.05, 4.69) is 4.90 Å². The Morgan fingerprint density at radius 2 is 1.94 bits per heavy atom. The fraction of sp³-hybridized carbons (Fsp3) is 0.462. The molecular formula is C13H16N2O3. The zero-order valence-corrected chi connectivity index (χ0v) is 10.1. The number of benzene rings is 1. The lowest BCUT2D eigenvalue weighted by Crippen LogP contribution is -2.38. The minimum Gasteiger partial charge on any atom is -0.454 e. The molecule has 5 heteroatoms. The molecule has 1 amide bonds. The van der Waals surface area contributed by atoms with Crippen molar-refractivity contribution >= 4 is 11.6 Å². The number of primary amides is 1. The average Bonchev–Trinajstić information content (AvgIpc) is 2.86. The highest BCUT2D eigenvalue weighted by Gasteiger charge is 2.24. The number of piperidine rings is 1. The zero-order valence-electron chi connectivity index (χ0n) is 10.1. The molecule has 2 aliphatic heterocycles. The summed E-state index contributed by atoms with van der Waals surface area (Å²) in [5, 5.41) is 0. The lowest BCUT2D eigenvalue weighted by Gasteiger charge is -2.32. The largest absolute Gasteiger partial charge is 0.454 e. The maximum absolute atomic E-state index is 11.1. The number of hydrogen-bond acceptors (Lipinski definition) is 4. The van der Waals surface area contributed by atoms with Crippen molar-refractivity contribution in [1.29, 1.82) is 0 Å². The number of hydrogen-bond donors (Lipinski definition) is 1. The van der Waals surface area contributed by atoms with Gasteiger partial charge in [0.15, 0.2) is 11.5 Å². The summed E-state index contributed by atoms with van der Waals surface area (Å²) in [7, 11) is 0. The molecular weight excluding hydrogens is 232 g/mol. The summed E-state index contributed by atoms with van der Waals surface area (Å²) >= 11 is 0. The highest BCUT2D eigenvalue weighted by Crippen LogP contribution is 2.36. The predicted molar refractivity (Wildman–Crippen MR) is 66.7 cm³/mol. The number of amides is 1. The van der Waals surface area contributed by atoms with Gasteiger partial charge in [0.25, 0.3) is 0 Å². The van der Waals surface area contributed by atoms with Crippen molar-refractivity contribution in [1.82, 2.24) is 0 Å². The third kappa shape index (κ3) is 1.96. The van der Waals surface area contributed by atoms with Crippen LogP contribution in [0, 0.1) is 5.92 Å². The van der Waals surface area contributed by atoms with E-state index < -0.39 is 0 Å². The number of nitrogens with two attached hydrogens (primary N) is 1. The molecule has 2 N–H and O–H groups in total. The molecule has 3 rings (SSSR count). The quantitative estimate of drug-likeness (QED) is 0.851. The van der Waals surface area contributed by atoms with Crippen LogP contribution in [-0.4, -0.2) is 25.8 Å². The van der Waals surface area contributed by atoms with Crippen molar-refractivity contribution in [3.8, 4) is 11.5 Å². The van der Waals surface area contributed by atoms with Gasteiger partial charge in [-0.3, -0.25) is 4.79 Å². The fourth-order valence-corrected chi connectivity index (χ4v) is 2.50. The Kier molecular flexibility index (Phi) is 2.74. The molecule has 2 heterocycles. The Morgan fingerprint density at radius 3 is 2.67 bits per heavy atom. The van der Waals surface area contributed by atoms with Crippen LogP contribution in [0.2, 0.25) is 0 Å².